The van der Waals surface area contributed by atoms with Gasteiger partial charge in [0.2, 0.25) is 0 Å². The molecular formula is C17H24N4. The Morgan fingerprint density at radius 1 is 1.00 bits per heavy atom. The van der Waals surface area contributed by atoms with Crippen LogP contribution in [0.15, 0.2) is 30.3 Å². The van der Waals surface area contributed by atoms with E-state index >= 15 is 0 Å². The van der Waals surface area contributed by atoms with E-state index in [1.54, 1.807) is 0 Å². The molecule has 4 nitrogen and oxygen atoms in total. The molecule has 0 bridgehead atoms. The first-order valence-corrected chi connectivity index (χ1v) is 7.35. The standard InChI is InChI=1S/C17H24N4/c1-6-14-20-15(18-5)11-16(21-14)19-13-9-7-12(8-10-13)17(2,3)4/h7-11H,6H2,1-5H3,(H2,18,19,20,21). The van der Waals surface area contributed by atoms with E-state index in [1.807, 2.05) is 13.1 Å². The van der Waals surface area contributed by atoms with Crippen molar-refractivity contribution in [1.82, 2.24) is 9.97 Å². The van der Waals surface area contributed by atoms with Gasteiger partial charge >= 0.3 is 0 Å². The van der Waals surface area contributed by atoms with Gasteiger partial charge in [-0.05, 0) is 23.1 Å². The van der Waals surface area contributed by atoms with Crippen LogP contribution in [-0.2, 0) is 11.8 Å². The smallest absolute Gasteiger partial charge is 0.136 e. The summed E-state index contributed by atoms with van der Waals surface area (Å²) >= 11 is 0. The van der Waals surface area contributed by atoms with Crippen LogP contribution in [0.2, 0.25) is 0 Å². The van der Waals surface area contributed by atoms with Crippen molar-refractivity contribution >= 4 is 17.3 Å². The van der Waals surface area contributed by atoms with Crippen molar-refractivity contribution in [3.8, 4) is 0 Å². The van der Waals surface area contributed by atoms with Gasteiger partial charge in [0, 0.05) is 25.2 Å². The monoisotopic (exact) mass is 284 g/mol. The molecule has 0 unspecified atom stereocenters. The summed E-state index contributed by atoms with van der Waals surface area (Å²) in [6.45, 7) is 8.70. The zero-order valence-corrected chi connectivity index (χ0v) is 13.5. The molecule has 2 aromatic rings. The average molecular weight is 284 g/mol. The topological polar surface area (TPSA) is 49.8 Å². The van der Waals surface area contributed by atoms with Crippen LogP contribution in [-0.4, -0.2) is 17.0 Å². The minimum Gasteiger partial charge on any atom is -0.373 e. The largest absolute Gasteiger partial charge is 0.373 e. The van der Waals surface area contributed by atoms with Crippen molar-refractivity contribution in [3.63, 3.8) is 0 Å². The molecule has 4 heteroatoms. The molecule has 0 aliphatic heterocycles. The normalized spacial score (nSPS) is 11.3. The zero-order chi connectivity index (χ0) is 15.5. The molecule has 0 aliphatic rings. The lowest BCUT2D eigenvalue weighted by Gasteiger charge is -2.19. The maximum atomic E-state index is 4.50. The van der Waals surface area contributed by atoms with Gasteiger partial charge in [0.15, 0.2) is 0 Å². The van der Waals surface area contributed by atoms with Crippen molar-refractivity contribution < 1.29 is 0 Å². The highest BCUT2D eigenvalue weighted by molar-refractivity contribution is 5.59. The summed E-state index contributed by atoms with van der Waals surface area (Å²) in [5.74, 6) is 2.47. The fourth-order valence-electron chi connectivity index (χ4n) is 2.05. The minimum absolute atomic E-state index is 0.169. The lowest BCUT2D eigenvalue weighted by atomic mass is 9.87. The number of nitrogens with one attached hydrogen (secondary N) is 2. The Morgan fingerprint density at radius 3 is 2.14 bits per heavy atom. The lowest BCUT2D eigenvalue weighted by Crippen LogP contribution is -2.10. The molecule has 1 aromatic carbocycles. The molecule has 2 rings (SSSR count). The molecule has 21 heavy (non-hydrogen) atoms. The number of hydrogen-bond donors (Lipinski definition) is 2. The number of aromatic nitrogens is 2. The second-order valence-electron chi connectivity index (χ2n) is 6.11. The van der Waals surface area contributed by atoms with Crippen LogP contribution in [0.5, 0.6) is 0 Å². The SMILES string of the molecule is CCc1nc(NC)cc(Nc2ccc(C(C)(C)C)cc2)n1. The van der Waals surface area contributed by atoms with Crippen LogP contribution in [0.25, 0.3) is 0 Å². The predicted octanol–water partition coefficient (Wildman–Crippen LogP) is 4.12. The van der Waals surface area contributed by atoms with E-state index in [-0.39, 0.29) is 5.41 Å². The Morgan fingerprint density at radius 2 is 1.62 bits per heavy atom. The molecule has 2 N–H and O–H groups in total. The molecule has 0 saturated carbocycles. The fraction of sp³-hybridized carbons (Fsp3) is 0.412. The second kappa shape index (κ2) is 6.12. The number of benzene rings is 1. The molecule has 0 atom stereocenters. The molecule has 0 fully saturated rings. The maximum Gasteiger partial charge on any atom is 0.136 e. The maximum absolute atomic E-state index is 4.50. The summed E-state index contributed by atoms with van der Waals surface area (Å²) in [5, 5.41) is 6.41. The molecule has 0 aliphatic carbocycles. The van der Waals surface area contributed by atoms with Gasteiger partial charge < -0.3 is 10.6 Å². The highest BCUT2D eigenvalue weighted by Crippen LogP contribution is 2.25. The molecule has 112 valence electrons. The number of hydrogen-bond acceptors (Lipinski definition) is 4. The summed E-state index contributed by atoms with van der Waals surface area (Å²) in [6, 6.07) is 10.4. The molecule has 0 spiro atoms. The molecule has 0 saturated heterocycles. The van der Waals surface area contributed by atoms with Crippen molar-refractivity contribution in [2.24, 2.45) is 0 Å². The van der Waals surface area contributed by atoms with Crippen LogP contribution in [0.3, 0.4) is 0 Å². The number of anilines is 3. The van der Waals surface area contributed by atoms with Crippen LogP contribution in [0, 0.1) is 0 Å². The van der Waals surface area contributed by atoms with Gasteiger partial charge in [-0.1, -0.05) is 39.8 Å². The van der Waals surface area contributed by atoms with Gasteiger partial charge in [0.25, 0.3) is 0 Å². The van der Waals surface area contributed by atoms with E-state index in [1.165, 1.54) is 5.56 Å². The van der Waals surface area contributed by atoms with Crippen LogP contribution in [0.1, 0.15) is 39.1 Å². The van der Waals surface area contributed by atoms with Gasteiger partial charge in [0.1, 0.15) is 17.5 Å². The molecule has 1 heterocycles. The van der Waals surface area contributed by atoms with E-state index in [2.05, 4.69) is 72.6 Å². The first-order chi connectivity index (χ1) is 9.92. The van der Waals surface area contributed by atoms with Gasteiger partial charge in [-0.15, -0.1) is 0 Å². The summed E-state index contributed by atoms with van der Waals surface area (Å²) in [7, 11) is 1.86. The third-order valence-electron chi connectivity index (χ3n) is 3.37. The number of nitrogens with zero attached hydrogens (tertiary/aromatic N) is 2. The van der Waals surface area contributed by atoms with Gasteiger partial charge in [-0.3, -0.25) is 0 Å². The van der Waals surface area contributed by atoms with Crippen LogP contribution < -0.4 is 10.6 Å². The Labute approximate surface area is 127 Å². The number of aryl methyl sites for hydroxylation is 1. The first kappa shape index (κ1) is 15.3. The molecule has 1 aromatic heterocycles. The third kappa shape index (κ3) is 3.94. The van der Waals surface area contributed by atoms with E-state index < -0.39 is 0 Å². The fourth-order valence-corrected chi connectivity index (χ4v) is 2.05. The quantitative estimate of drug-likeness (QED) is 0.886. The molecule has 0 radical (unpaired) electrons. The minimum atomic E-state index is 0.169. The van der Waals surface area contributed by atoms with E-state index in [0.717, 1.165) is 29.6 Å². The van der Waals surface area contributed by atoms with E-state index in [4.69, 9.17) is 0 Å². The van der Waals surface area contributed by atoms with Crippen molar-refractivity contribution in [2.45, 2.75) is 39.5 Å². The van der Waals surface area contributed by atoms with Crippen molar-refractivity contribution in [2.75, 3.05) is 17.7 Å². The Balaban J connectivity index is 2.22. The highest BCUT2D eigenvalue weighted by atomic mass is 15.1. The number of rotatable bonds is 4. The summed E-state index contributed by atoms with van der Waals surface area (Å²) < 4.78 is 0. The van der Waals surface area contributed by atoms with Crippen molar-refractivity contribution in [3.05, 3.63) is 41.7 Å². The van der Waals surface area contributed by atoms with Gasteiger partial charge in [-0.25, -0.2) is 9.97 Å². The predicted molar refractivity (Wildman–Crippen MR) is 89.4 cm³/mol. The highest BCUT2D eigenvalue weighted by Gasteiger charge is 2.13. The lowest BCUT2D eigenvalue weighted by molar-refractivity contribution is 0.590. The van der Waals surface area contributed by atoms with Gasteiger partial charge in [-0.2, -0.15) is 0 Å². The summed E-state index contributed by atoms with van der Waals surface area (Å²) in [6.07, 6.45) is 0.813. The van der Waals surface area contributed by atoms with Gasteiger partial charge in [0.05, 0.1) is 0 Å². The molecular weight excluding hydrogens is 260 g/mol. The van der Waals surface area contributed by atoms with Crippen LogP contribution >= 0.6 is 0 Å². The third-order valence-corrected chi connectivity index (χ3v) is 3.37. The Kier molecular flexibility index (Phi) is 4.46. The van der Waals surface area contributed by atoms with E-state index in [0.29, 0.717) is 0 Å². The average Bonchev–Trinajstić information content (AvgIpc) is 2.46. The second-order valence-corrected chi connectivity index (χ2v) is 6.11. The summed E-state index contributed by atoms with van der Waals surface area (Å²) in [4.78, 5) is 8.90. The van der Waals surface area contributed by atoms with Crippen molar-refractivity contribution in [1.29, 1.82) is 0 Å². The zero-order valence-electron chi connectivity index (χ0n) is 13.5. The first-order valence-electron chi connectivity index (χ1n) is 7.35. The molecule has 0 amide bonds. The van der Waals surface area contributed by atoms with Crippen LogP contribution in [0.4, 0.5) is 17.3 Å². The Bertz CT molecular complexity index is 575. The Hall–Kier alpha value is -2.10. The van der Waals surface area contributed by atoms with E-state index in [9.17, 15) is 0 Å². The summed E-state index contributed by atoms with van der Waals surface area (Å²) in [5.41, 5.74) is 2.52.